The van der Waals surface area contributed by atoms with Crippen molar-refractivity contribution in [2.75, 3.05) is 19.3 Å². The van der Waals surface area contributed by atoms with Gasteiger partial charge >= 0.3 is 0 Å². The van der Waals surface area contributed by atoms with Gasteiger partial charge in [-0.2, -0.15) is 11.8 Å². The summed E-state index contributed by atoms with van der Waals surface area (Å²) in [6.07, 6.45) is 2.87. The van der Waals surface area contributed by atoms with Gasteiger partial charge in [0.2, 0.25) is 0 Å². The van der Waals surface area contributed by atoms with Crippen LogP contribution in [-0.2, 0) is 0 Å². The van der Waals surface area contributed by atoms with E-state index in [0.29, 0.717) is 11.8 Å². The van der Waals surface area contributed by atoms with Crippen LogP contribution in [0, 0.1) is 0 Å². The van der Waals surface area contributed by atoms with Crippen LogP contribution in [-0.4, -0.2) is 29.7 Å². The van der Waals surface area contributed by atoms with E-state index in [0.717, 1.165) is 18.5 Å². The molecule has 0 bridgehead atoms. The Kier molecular flexibility index (Phi) is 6.53. The molecular weight excluding hydrogens is 218 g/mol. The lowest BCUT2D eigenvalue weighted by Crippen LogP contribution is -2.24. The molecule has 1 aromatic carbocycles. The lowest BCUT2D eigenvalue weighted by atomic mass is 10.1. The second-order valence-corrected chi connectivity index (χ2v) is 5.24. The third-order valence-electron chi connectivity index (χ3n) is 2.65. The molecule has 0 aliphatic rings. The van der Waals surface area contributed by atoms with E-state index in [2.05, 4.69) is 18.5 Å². The molecule has 0 amide bonds. The zero-order valence-corrected chi connectivity index (χ0v) is 10.8. The zero-order valence-electron chi connectivity index (χ0n) is 10.0. The summed E-state index contributed by atoms with van der Waals surface area (Å²) in [5.41, 5.74) is 0.980. The van der Waals surface area contributed by atoms with Gasteiger partial charge in [-0.05, 0) is 24.8 Å². The van der Waals surface area contributed by atoms with Crippen molar-refractivity contribution in [3.63, 3.8) is 0 Å². The largest absolute Gasteiger partial charge is 0.387 e. The van der Waals surface area contributed by atoms with Gasteiger partial charge in [0.25, 0.3) is 0 Å². The summed E-state index contributed by atoms with van der Waals surface area (Å²) >= 11 is 1.88. The molecular formula is C13H21NOS. The fraction of sp³-hybridized carbons (Fsp3) is 0.538. The van der Waals surface area contributed by atoms with Crippen LogP contribution in [0.25, 0.3) is 0 Å². The van der Waals surface area contributed by atoms with Crippen molar-refractivity contribution in [2.24, 2.45) is 0 Å². The van der Waals surface area contributed by atoms with E-state index < -0.39 is 6.10 Å². The first-order valence-corrected chi connectivity index (χ1v) is 6.99. The summed E-state index contributed by atoms with van der Waals surface area (Å²) in [5.74, 6) is 0. The lowest BCUT2D eigenvalue weighted by molar-refractivity contribution is 0.175. The second-order valence-electron chi connectivity index (χ2n) is 3.97. The molecule has 2 unspecified atom stereocenters. The molecule has 0 radical (unpaired) electrons. The number of benzene rings is 1. The molecule has 1 rings (SSSR count). The predicted octanol–water partition coefficient (Wildman–Crippen LogP) is 2.45. The third-order valence-corrected chi connectivity index (χ3v) is 3.69. The summed E-state index contributed by atoms with van der Waals surface area (Å²) < 4.78 is 0. The van der Waals surface area contributed by atoms with E-state index in [1.165, 1.54) is 0 Å². The first kappa shape index (κ1) is 13.6. The molecule has 0 heterocycles. The highest BCUT2D eigenvalue weighted by molar-refractivity contribution is 7.99. The average molecular weight is 239 g/mol. The van der Waals surface area contributed by atoms with Crippen LogP contribution in [0.15, 0.2) is 30.3 Å². The quantitative estimate of drug-likeness (QED) is 0.717. The van der Waals surface area contributed by atoms with Crippen molar-refractivity contribution in [3.8, 4) is 0 Å². The number of rotatable bonds is 7. The van der Waals surface area contributed by atoms with Gasteiger partial charge < -0.3 is 10.4 Å². The van der Waals surface area contributed by atoms with Crippen LogP contribution in [0.3, 0.4) is 0 Å². The van der Waals surface area contributed by atoms with E-state index in [-0.39, 0.29) is 0 Å². The van der Waals surface area contributed by atoms with E-state index in [4.69, 9.17) is 0 Å². The van der Waals surface area contributed by atoms with Crippen LogP contribution < -0.4 is 5.32 Å². The number of aliphatic hydroxyl groups is 1. The Morgan fingerprint density at radius 2 is 2.00 bits per heavy atom. The van der Waals surface area contributed by atoms with Crippen molar-refractivity contribution >= 4 is 11.8 Å². The zero-order chi connectivity index (χ0) is 11.8. The molecule has 90 valence electrons. The molecule has 2 N–H and O–H groups in total. The summed E-state index contributed by atoms with van der Waals surface area (Å²) in [7, 11) is 0. The van der Waals surface area contributed by atoms with Gasteiger partial charge in [0.15, 0.2) is 0 Å². The van der Waals surface area contributed by atoms with Crippen molar-refractivity contribution in [1.29, 1.82) is 0 Å². The van der Waals surface area contributed by atoms with E-state index in [1.54, 1.807) is 0 Å². The normalized spacial score (nSPS) is 14.7. The van der Waals surface area contributed by atoms with Gasteiger partial charge in [-0.3, -0.25) is 0 Å². The van der Waals surface area contributed by atoms with Gasteiger partial charge in [-0.1, -0.05) is 37.3 Å². The second kappa shape index (κ2) is 7.71. The van der Waals surface area contributed by atoms with Crippen molar-refractivity contribution < 1.29 is 5.11 Å². The number of hydrogen-bond donors (Lipinski definition) is 2. The minimum absolute atomic E-state index is 0.397. The monoisotopic (exact) mass is 239 g/mol. The maximum atomic E-state index is 9.88. The Morgan fingerprint density at radius 1 is 1.31 bits per heavy atom. The third kappa shape index (κ3) is 5.01. The molecule has 0 fully saturated rings. The van der Waals surface area contributed by atoms with E-state index >= 15 is 0 Å². The van der Waals surface area contributed by atoms with Crippen LogP contribution in [0.4, 0.5) is 0 Å². The highest BCUT2D eigenvalue weighted by Crippen LogP contribution is 2.11. The molecule has 2 nitrogen and oxygen atoms in total. The standard InChI is InChI=1S/C13H21NOS/c1-11(16-2)8-9-14-10-13(15)12-6-4-3-5-7-12/h3-7,11,13-15H,8-10H2,1-2H3. The van der Waals surface area contributed by atoms with Crippen molar-refractivity contribution in [1.82, 2.24) is 5.32 Å². The van der Waals surface area contributed by atoms with Gasteiger partial charge in [0.05, 0.1) is 6.10 Å². The Bertz CT molecular complexity index is 279. The smallest absolute Gasteiger partial charge is 0.0914 e. The highest BCUT2D eigenvalue weighted by atomic mass is 32.2. The minimum Gasteiger partial charge on any atom is -0.387 e. The van der Waals surface area contributed by atoms with Gasteiger partial charge in [0, 0.05) is 11.8 Å². The van der Waals surface area contributed by atoms with E-state index in [9.17, 15) is 5.11 Å². The Balaban J connectivity index is 2.18. The Hall–Kier alpha value is -0.510. The maximum Gasteiger partial charge on any atom is 0.0914 e. The van der Waals surface area contributed by atoms with Crippen LogP contribution in [0.2, 0.25) is 0 Å². The summed E-state index contributed by atoms with van der Waals surface area (Å²) in [5, 5.41) is 13.8. The number of thioether (sulfide) groups is 1. The highest BCUT2D eigenvalue weighted by Gasteiger charge is 2.06. The summed E-state index contributed by atoms with van der Waals surface area (Å²) in [6.45, 7) is 3.82. The van der Waals surface area contributed by atoms with Crippen molar-refractivity contribution in [2.45, 2.75) is 24.7 Å². The predicted molar refractivity (Wildman–Crippen MR) is 71.9 cm³/mol. The molecule has 0 aliphatic carbocycles. The fourth-order valence-electron chi connectivity index (χ4n) is 1.45. The van der Waals surface area contributed by atoms with Crippen LogP contribution in [0.5, 0.6) is 0 Å². The Morgan fingerprint density at radius 3 is 2.62 bits per heavy atom. The molecule has 0 saturated carbocycles. The first-order valence-electron chi connectivity index (χ1n) is 5.70. The number of nitrogens with one attached hydrogen (secondary N) is 1. The van der Waals surface area contributed by atoms with Crippen LogP contribution in [0.1, 0.15) is 25.0 Å². The van der Waals surface area contributed by atoms with Gasteiger partial charge in [0.1, 0.15) is 0 Å². The maximum absolute atomic E-state index is 9.88. The van der Waals surface area contributed by atoms with Crippen LogP contribution >= 0.6 is 11.8 Å². The average Bonchev–Trinajstić information content (AvgIpc) is 2.35. The molecule has 3 heteroatoms. The SMILES string of the molecule is CSC(C)CCNCC(O)c1ccccc1. The van der Waals surface area contributed by atoms with Gasteiger partial charge in [-0.25, -0.2) is 0 Å². The lowest BCUT2D eigenvalue weighted by Gasteiger charge is -2.13. The first-order chi connectivity index (χ1) is 7.74. The number of aliphatic hydroxyl groups excluding tert-OH is 1. The fourth-order valence-corrected chi connectivity index (χ4v) is 1.81. The molecule has 0 saturated heterocycles. The molecule has 0 aromatic heterocycles. The van der Waals surface area contributed by atoms with Crippen molar-refractivity contribution in [3.05, 3.63) is 35.9 Å². The molecule has 2 atom stereocenters. The Labute approximate surface area is 102 Å². The topological polar surface area (TPSA) is 32.3 Å². The summed E-state index contributed by atoms with van der Waals surface area (Å²) in [4.78, 5) is 0. The summed E-state index contributed by atoms with van der Waals surface area (Å²) in [6, 6.07) is 9.78. The van der Waals surface area contributed by atoms with E-state index in [1.807, 2.05) is 42.1 Å². The van der Waals surface area contributed by atoms with Gasteiger partial charge in [-0.15, -0.1) is 0 Å². The minimum atomic E-state index is -0.397. The number of hydrogen-bond acceptors (Lipinski definition) is 3. The molecule has 1 aromatic rings. The molecule has 0 spiro atoms. The molecule has 0 aliphatic heterocycles. The molecule has 16 heavy (non-hydrogen) atoms.